The molecule has 2 N–H and O–H groups in total. The minimum Gasteiger partial charge on any atom is -0.336 e. The summed E-state index contributed by atoms with van der Waals surface area (Å²) in [5, 5.41) is 5.35. The highest BCUT2D eigenvalue weighted by Crippen LogP contribution is 2.28. The highest BCUT2D eigenvalue weighted by atomic mass is 35.5. The molecule has 1 aliphatic heterocycles. The highest BCUT2D eigenvalue weighted by Gasteiger charge is 2.32. The van der Waals surface area contributed by atoms with Crippen LogP contribution >= 0.6 is 11.6 Å². The number of carbonyl (C=O) groups is 1. The van der Waals surface area contributed by atoms with Gasteiger partial charge in [0.05, 0.1) is 15.5 Å². The van der Waals surface area contributed by atoms with Crippen molar-refractivity contribution in [3.63, 3.8) is 0 Å². The second kappa shape index (κ2) is 5.81. The standard InChI is InChI=1S/C14H18ClN3O3S/c15-13-4-3-11(22(16,20)21)9-12(13)14(19)18-7-5-17(6-8-18)10-1-2-10/h3-4,9-10H,1-2,5-8H2,(H2,16,20,21). The lowest BCUT2D eigenvalue weighted by Crippen LogP contribution is -2.49. The zero-order chi connectivity index (χ0) is 15.9. The summed E-state index contributed by atoms with van der Waals surface area (Å²) in [5.41, 5.74) is 0.188. The molecule has 6 nitrogen and oxygen atoms in total. The maximum atomic E-state index is 12.6. The third kappa shape index (κ3) is 3.27. The minimum absolute atomic E-state index is 0.100. The van der Waals surface area contributed by atoms with E-state index >= 15 is 0 Å². The van der Waals surface area contributed by atoms with Crippen LogP contribution in [0.3, 0.4) is 0 Å². The van der Waals surface area contributed by atoms with E-state index < -0.39 is 10.0 Å². The zero-order valence-electron chi connectivity index (χ0n) is 12.0. The van der Waals surface area contributed by atoms with Crippen molar-refractivity contribution in [3.8, 4) is 0 Å². The molecule has 8 heteroatoms. The predicted molar refractivity (Wildman–Crippen MR) is 83.3 cm³/mol. The smallest absolute Gasteiger partial charge is 0.255 e. The molecule has 2 fully saturated rings. The molecule has 1 aromatic carbocycles. The molecule has 0 spiro atoms. The Bertz CT molecular complexity index is 695. The predicted octanol–water partition coefficient (Wildman–Crippen LogP) is 0.908. The number of primary sulfonamides is 1. The van der Waals surface area contributed by atoms with Gasteiger partial charge in [0.15, 0.2) is 0 Å². The molecule has 1 aromatic rings. The Morgan fingerprint density at radius 1 is 1.18 bits per heavy atom. The van der Waals surface area contributed by atoms with E-state index in [0.717, 1.165) is 13.1 Å². The van der Waals surface area contributed by atoms with Gasteiger partial charge in [-0.1, -0.05) is 11.6 Å². The number of halogens is 1. The van der Waals surface area contributed by atoms with Gasteiger partial charge in [0, 0.05) is 32.2 Å². The third-order valence-electron chi connectivity index (χ3n) is 4.16. The maximum Gasteiger partial charge on any atom is 0.255 e. The molecule has 120 valence electrons. The first-order valence-corrected chi connectivity index (χ1v) is 9.14. The molecule has 2 aliphatic rings. The molecule has 3 rings (SSSR count). The summed E-state index contributed by atoms with van der Waals surface area (Å²) in [6, 6.07) is 4.65. The van der Waals surface area contributed by atoms with E-state index in [9.17, 15) is 13.2 Å². The fourth-order valence-electron chi connectivity index (χ4n) is 2.75. The lowest BCUT2D eigenvalue weighted by atomic mass is 10.1. The Labute approximate surface area is 134 Å². The number of nitrogens with two attached hydrogens (primary N) is 1. The Hall–Kier alpha value is -1.15. The molecule has 1 saturated carbocycles. The second-order valence-electron chi connectivity index (χ2n) is 5.75. The van der Waals surface area contributed by atoms with E-state index in [1.165, 1.54) is 31.0 Å². The van der Waals surface area contributed by atoms with E-state index in [2.05, 4.69) is 4.90 Å². The summed E-state index contributed by atoms with van der Waals surface area (Å²) in [7, 11) is -3.86. The van der Waals surface area contributed by atoms with Crippen molar-refractivity contribution in [2.24, 2.45) is 5.14 Å². The van der Waals surface area contributed by atoms with E-state index in [1.807, 2.05) is 0 Å². The van der Waals surface area contributed by atoms with Crippen LogP contribution in [0.1, 0.15) is 23.2 Å². The number of sulfonamides is 1. The van der Waals surface area contributed by atoms with Crippen molar-refractivity contribution in [1.82, 2.24) is 9.80 Å². The summed E-state index contributed by atoms with van der Waals surface area (Å²) in [4.78, 5) is 16.6. The lowest BCUT2D eigenvalue weighted by molar-refractivity contribution is 0.0627. The number of hydrogen-bond donors (Lipinski definition) is 1. The minimum atomic E-state index is -3.86. The Kier molecular flexibility index (Phi) is 4.15. The number of rotatable bonds is 3. The van der Waals surface area contributed by atoms with Crippen molar-refractivity contribution in [3.05, 3.63) is 28.8 Å². The fourth-order valence-corrected chi connectivity index (χ4v) is 3.48. The van der Waals surface area contributed by atoms with Crippen molar-refractivity contribution in [2.75, 3.05) is 26.2 Å². The molecule has 1 amide bonds. The molecule has 1 heterocycles. The molecular weight excluding hydrogens is 326 g/mol. The zero-order valence-corrected chi connectivity index (χ0v) is 13.6. The fraction of sp³-hybridized carbons (Fsp3) is 0.500. The summed E-state index contributed by atoms with van der Waals surface area (Å²) in [5.74, 6) is -0.244. The number of amides is 1. The van der Waals surface area contributed by atoms with Crippen LogP contribution in [0.5, 0.6) is 0 Å². The van der Waals surface area contributed by atoms with Crippen molar-refractivity contribution in [1.29, 1.82) is 0 Å². The van der Waals surface area contributed by atoms with Crippen LogP contribution in [-0.4, -0.2) is 56.3 Å². The van der Waals surface area contributed by atoms with Gasteiger partial charge in [-0.05, 0) is 31.0 Å². The van der Waals surface area contributed by atoms with Crippen molar-refractivity contribution < 1.29 is 13.2 Å². The van der Waals surface area contributed by atoms with Gasteiger partial charge in [-0.3, -0.25) is 9.69 Å². The van der Waals surface area contributed by atoms with Gasteiger partial charge in [-0.25, -0.2) is 13.6 Å². The highest BCUT2D eigenvalue weighted by molar-refractivity contribution is 7.89. The van der Waals surface area contributed by atoms with Gasteiger partial charge < -0.3 is 4.90 Å². The Balaban J connectivity index is 1.77. The molecule has 22 heavy (non-hydrogen) atoms. The first kappa shape index (κ1) is 15.7. The van der Waals surface area contributed by atoms with Crippen molar-refractivity contribution in [2.45, 2.75) is 23.8 Å². The Morgan fingerprint density at radius 3 is 2.36 bits per heavy atom. The third-order valence-corrected chi connectivity index (χ3v) is 5.40. The van der Waals surface area contributed by atoms with Crippen LogP contribution in [0, 0.1) is 0 Å². The van der Waals surface area contributed by atoms with Crippen LogP contribution in [0.15, 0.2) is 23.1 Å². The number of benzene rings is 1. The number of piperazine rings is 1. The number of nitrogens with zero attached hydrogens (tertiary/aromatic N) is 2. The van der Waals surface area contributed by atoms with Gasteiger partial charge in [0.1, 0.15) is 0 Å². The van der Waals surface area contributed by atoms with Crippen molar-refractivity contribution >= 4 is 27.5 Å². The monoisotopic (exact) mass is 343 g/mol. The molecule has 1 aliphatic carbocycles. The largest absolute Gasteiger partial charge is 0.336 e. The molecule has 0 atom stereocenters. The van der Waals surface area contributed by atoms with Crippen LogP contribution in [0.2, 0.25) is 5.02 Å². The average molecular weight is 344 g/mol. The number of hydrogen-bond acceptors (Lipinski definition) is 4. The average Bonchev–Trinajstić information content (AvgIpc) is 3.31. The van der Waals surface area contributed by atoms with E-state index in [4.69, 9.17) is 16.7 Å². The summed E-state index contributed by atoms with van der Waals surface area (Å²) >= 11 is 6.06. The van der Waals surface area contributed by atoms with E-state index in [1.54, 1.807) is 4.90 Å². The second-order valence-corrected chi connectivity index (χ2v) is 7.71. The van der Waals surface area contributed by atoms with Gasteiger partial charge in [0.25, 0.3) is 5.91 Å². The lowest BCUT2D eigenvalue weighted by Gasteiger charge is -2.35. The summed E-state index contributed by atoms with van der Waals surface area (Å²) < 4.78 is 22.8. The first-order valence-electron chi connectivity index (χ1n) is 7.22. The number of carbonyl (C=O) groups excluding carboxylic acids is 1. The summed E-state index contributed by atoms with van der Waals surface area (Å²) in [6.07, 6.45) is 2.49. The maximum absolute atomic E-state index is 12.6. The van der Waals surface area contributed by atoms with Crippen LogP contribution < -0.4 is 5.14 Å². The normalized spacial score (nSPS) is 20.2. The first-order chi connectivity index (χ1) is 10.4. The molecule has 0 aromatic heterocycles. The Morgan fingerprint density at radius 2 is 1.82 bits per heavy atom. The molecular formula is C14H18ClN3O3S. The summed E-state index contributed by atoms with van der Waals surface area (Å²) in [6.45, 7) is 2.96. The molecule has 1 saturated heterocycles. The topological polar surface area (TPSA) is 83.7 Å². The van der Waals surface area contributed by atoms with Gasteiger partial charge in [0.2, 0.25) is 10.0 Å². The SMILES string of the molecule is NS(=O)(=O)c1ccc(Cl)c(C(=O)N2CCN(C3CC3)CC2)c1. The quantitative estimate of drug-likeness (QED) is 0.884. The van der Waals surface area contributed by atoms with Crippen LogP contribution in [0.25, 0.3) is 0 Å². The van der Waals surface area contributed by atoms with Gasteiger partial charge >= 0.3 is 0 Å². The molecule has 0 unspecified atom stereocenters. The molecule has 0 bridgehead atoms. The van der Waals surface area contributed by atoms with Gasteiger partial charge in [-0.15, -0.1) is 0 Å². The van der Waals surface area contributed by atoms with E-state index in [0.29, 0.717) is 19.1 Å². The van der Waals surface area contributed by atoms with Gasteiger partial charge in [-0.2, -0.15) is 0 Å². The van der Waals surface area contributed by atoms with Crippen LogP contribution in [0.4, 0.5) is 0 Å². The molecule has 0 radical (unpaired) electrons. The van der Waals surface area contributed by atoms with E-state index in [-0.39, 0.29) is 21.4 Å². The van der Waals surface area contributed by atoms with Crippen LogP contribution in [-0.2, 0) is 10.0 Å².